The van der Waals surface area contributed by atoms with Gasteiger partial charge in [0.2, 0.25) is 20.0 Å². The normalized spacial score (nSPS) is 27.6. The lowest BCUT2D eigenvalue weighted by atomic mass is 10.1. The van der Waals surface area contributed by atoms with E-state index in [-0.39, 0.29) is 16.9 Å². The average Bonchev–Trinajstić information content (AvgIpc) is 2.84. The Kier molecular flexibility index (Phi) is 8.28. The average molecular weight is 579 g/mol. The number of benzene rings is 1. The molecule has 0 saturated carbocycles. The largest absolute Gasteiger partial charge is 0.465 e. The maximum absolute atomic E-state index is 13.3. The quantitative estimate of drug-likeness (QED) is 0.337. The first-order valence-corrected chi connectivity index (χ1v) is 14.1. The predicted octanol–water partition coefficient (Wildman–Crippen LogP) is 3.11. The number of allylic oxidation sites excluding steroid dienone is 4. The molecule has 3 rings (SSSR count). The summed E-state index contributed by atoms with van der Waals surface area (Å²) in [5.41, 5.74) is -0.477. The number of sulfonamides is 2. The molecule has 196 valence electrons. The number of methoxy groups -OCH3 is 3. The first kappa shape index (κ1) is 28.2. The molecule has 0 spiro atoms. The lowest BCUT2D eigenvalue weighted by molar-refractivity contribution is 0.0600. The van der Waals surface area contributed by atoms with E-state index in [2.05, 4.69) is 9.44 Å². The highest BCUT2D eigenvalue weighted by atomic mass is 35.5. The van der Waals surface area contributed by atoms with Crippen LogP contribution >= 0.6 is 23.2 Å². The van der Waals surface area contributed by atoms with Crippen molar-refractivity contribution in [2.24, 2.45) is 0 Å². The van der Waals surface area contributed by atoms with Gasteiger partial charge in [-0.2, -0.15) is 0 Å². The first-order chi connectivity index (χ1) is 16.8. The van der Waals surface area contributed by atoms with Crippen LogP contribution in [0.5, 0.6) is 0 Å². The Morgan fingerprint density at radius 3 is 1.72 bits per heavy atom. The Morgan fingerprint density at radius 2 is 1.28 bits per heavy atom. The van der Waals surface area contributed by atoms with Crippen LogP contribution in [0.2, 0.25) is 0 Å². The third-order valence-electron chi connectivity index (χ3n) is 5.46. The van der Waals surface area contributed by atoms with E-state index < -0.39 is 46.6 Å². The summed E-state index contributed by atoms with van der Waals surface area (Å²) < 4.78 is 73.0. The molecule has 0 heterocycles. The summed E-state index contributed by atoms with van der Waals surface area (Å²) in [5.74, 6) is -0.770. The Labute approximate surface area is 219 Å². The van der Waals surface area contributed by atoms with Crippen molar-refractivity contribution in [3.05, 3.63) is 72.4 Å². The van der Waals surface area contributed by atoms with Crippen LogP contribution in [0.4, 0.5) is 11.4 Å². The summed E-state index contributed by atoms with van der Waals surface area (Å²) in [6.07, 6.45) is 11.4. The van der Waals surface area contributed by atoms with Gasteiger partial charge in [-0.3, -0.25) is 9.44 Å². The van der Waals surface area contributed by atoms with E-state index >= 15 is 0 Å². The maximum atomic E-state index is 13.3. The Morgan fingerprint density at radius 1 is 0.806 bits per heavy atom. The fraction of sp³-hybridized carbons (Fsp3) is 0.318. The Bertz CT molecular complexity index is 1360. The summed E-state index contributed by atoms with van der Waals surface area (Å²) in [5, 5.41) is -6.21. The van der Waals surface area contributed by atoms with Crippen LogP contribution in [0.3, 0.4) is 0 Å². The SMILES string of the molecule is COC(=O)c1ccc(NS(=O)(=O)C2C=CC=CC2(Cl)OC)c(NS(=O)(=O)C2C=CC=CC2(Cl)OC)c1. The molecule has 2 aliphatic carbocycles. The number of carbonyl (C=O) groups excluding carboxylic acids is 1. The molecule has 1 aromatic carbocycles. The van der Waals surface area contributed by atoms with Gasteiger partial charge in [0.15, 0.2) is 10.1 Å². The van der Waals surface area contributed by atoms with Crippen molar-refractivity contribution >= 4 is 60.6 Å². The van der Waals surface area contributed by atoms with Crippen molar-refractivity contribution in [3.8, 4) is 0 Å². The fourth-order valence-electron chi connectivity index (χ4n) is 3.55. The van der Waals surface area contributed by atoms with Gasteiger partial charge in [-0.25, -0.2) is 21.6 Å². The lowest BCUT2D eigenvalue weighted by Crippen LogP contribution is -2.45. The molecule has 0 amide bonds. The second-order valence-corrected chi connectivity index (χ2v) is 12.5. The minimum Gasteiger partial charge on any atom is -0.465 e. The smallest absolute Gasteiger partial charge is 0.337 e. The summed E-state index contributed by atoms with van der Waals surface area (Å²) in [6, 6.07) is 3.62. The summed E-state index contributed by atoms with van der Waals surface area (Å²) in [6.45, 7) is 0. The van der Waals surface area contributed by atoms with Crippen LogP contribution in [0.15, 0.2) is 66.8 Å². The molecule has 4 unspecified atom stereocenters. The third-order valence-corrected chi connectivity index (χ3v) is 10.1. The number of halogens is 2. The van der Waals surface area contributed by atoms with Gasteiger partial charge < -0.3 is 14.2 Å². The second-order valence-electron chi connectivity index (χ2n) is 7.68. The van der Waals surface area contributed by atoms with Crippen molar-refractivity contribution in [1.29, 1.82) is 0 Å². The van der Waals surface area contributed by atoms with Gasteiger partial charge in [-0.1, -0.05) is 59.7 Å². The number of ether oxygens (including phenoxy) is 3. The summed E-state index contributed by atoms with van der Waals surface area (Å²) in [7, 11) is -4.99. The van der Waals surface area contributed by atoms with Crippen molar-refractivity contribution in [2.45, 2.75) is 20.6 Å². The predicted molar refractivity (Wildman–Crippen MR) is 138 cm³/mol. The third kappa shape index (κ3) is 5.63. The van der Waals surface area contributed by atoms with Gasteiger partial charge >= 0.3 is 5.97 Å². The van der Waals surface area contributed by atoms with Crippen molar-refractivity contribution in [2.75, 3.05) is 30.8 Å². The van der Waals surface area contributed by atoms with Crippen LogP contribution in [0.1, 0.15) is 10.4 Å². The number of rotatable bonds is 9. The molecular weight excluding hydrogens is 555 g/mol. The molecule has 2 aliphatic rings. The van der Waals surface area contributed by atoms with Gasteiger partial charge in [0.25, 0.3) is 0 Å². The Balaban J connectivity index is 2.05. The van der Waals surface area contributed by atoms with E-state index in [0.29, 0.717) is 0 Å². The molecule has 0 bridgehead atoms. The van der Waals surface area contributed by atoms with Crippen LogP contribution in [-0.4, -0.2) is 64.8 Å². The van der Waals surface area contributed by atoms with E-state index in [0.717, 1.165) is 13.2 Å². The van der Waals surface area contributed by atoms with Crippen molar-refractivity contribution in [1.82, 2.24) is 0 Å². The monoisotopic (exact) mass is 578 g/mol. The standard InChI is InChI=1S/C22H24Cl2N2O8S2/c1-32-20(27)15-10-11-16(25-35(28,29)18-8-4-6-12-21(18,23)33-2)17(14-15)26-36(30,31)19-9-5-7-13-22(19,24)34-3/h4-14,18-19,25-26H,1-3H3. The molecule has 0 radical (unpaired) electrons. The molecular formula is C22H24Cl2N2O8S2. The number of carbonyl (C=O) groups is 1. The summed E-state index contributed by atoms with van der Waals surface area (Å²) >= 11 is 12.7. The number of hydrogen-bond donors (Lipinski definition) is 2. The van der Waals surface area contributed by atoms with Crippen LogP contribution < -0.4 is 9.44 Å². The van der Waals surface area contributed by atoms with Gasteiger partial charge in [0.05, 0.1) is 24.0 Å². The molecule has 4 atom stereocenters. The zero-order valence-electron chi connectivity index (χ0n) is 19.3. The molecule has 1 aromatic rings. The van der Waals surface area contributed by atoms with E-state index in [4.69, 9.17) is 37.4 Å². The minimum absolute atomic E-state index is 0.0369. The molecule has 0 aliphatic heterocycles. The molecule has 0 aromatic heterocycles. The van der Waals surface area contributed by atoms with Gasteiger partial charge in [0.1, 0.15) is 10.5 Å². The maximum Gasteiger partial charge on any atom is 0.337 e. The number of nitrogens with one attached hydrogen (secondary N) is 2. The lowest BCUT2D eigenvalue weighted by Gasteiger charge is -2.32. The van der Waals surface area contributed by atoms with E-state index in [1.165, 1.54) is 75.0 Å². The second kappa shape index (κ2) is 10.6. The zero-order chi connectivity index (χ0) is 26.8. The fourth-order valence-corrected chi connectivity index (χ4v) is 7.55. The number of hydrogen-bond acceptors (Lipinski definition) is 8. The van der Waals surface area contributed by atoms with Gasteiger partial charge in [0, 0.05) is 14.2 Å². The molecule has 10 nitrogen and oxygen atoms in total. The van der Waals surface area contributed by atoms with Crippen molar-refractivity contribution in [3.63, 3.8) is 0 Å². The van der Waals surface area contributed by atoms with E-state index in [9.17, 15) is 21.6 Å². The molecule has 0 fully saturated rings. The number of esters is 1. The van der Waals surface area contributed by atoms with Crippen LogP contribution in [0, 0.1) is 0 Å². The topological polar surface area (TPSA) is 137 Å². The number of anilines is 2. The van der Waals surface area contributed by atoms with Gasteiger partial charge in [-0.05, 0) is 30.4 Å². The highest BCUT2D eigenvalue weighted by Crippen LogP contribution is 2.36. The summed E-state index contributed by atoms with van der Waals surface area (Å²) in [4.78, 5) is 12.1. The minimum atomic E-state index is -4.34. The molecule has 14 heteroatoms. The first-order valence-electron chi connectivity index (χ1n) is 10.3. The highest BCUT2D eigenvalue weighted by Gasteiger charge is 2.45. The zero-order valence-corrected chi connectivity index (χ0v) is 22.5. The highest BCUT2D eigenvalue weighted by molar-refractivity contribution is 7.94. The number of alkyl halides is 2. The van der Waals surface area contributed by atoms with Crippen molar-refractivity contribution < 1.29 is 35.8 Å². The van der Waals surface area contributed by atoms with Crippen LogP contribution in [0.25, 0.3) is 0 Å². The Hall–Kier alpha value is -2.35. The van der Waals surface area contributed by atoms with E-state index in [1.54, 1.807) is 0 Å². The van der Waals surface area contributed by atoms with Gasteiger partial charge in [-0.15, -0.1) is 0 Å². The molecule has 0 saturated heterocycles. The molecule has 2 N–H and O–H groups in total. The molecule has 36 heavy (non-hydrogen) atoms. The van der Waals surface area contributed by atoms with Crippen LogP contribution in [-0.2, 0) is 34.3 Å². The van der Waals surface area contributed by atoms with E-state index in [1.807, 2.05) is 0 Å².